The zero-order chi connectivity index (χ0) is 13.2. The van der Waals surface area contributed by atoms with Crippen molar-refractivity contribution in [3.8, 4) is 0 Å². The van der Waals surface area contributed by atoms with Crippen LogP contribution in [0.3, 0.4) is 0 Å². The first-order chi connectivity index (χ1) is 8.54. The molecule has 0 spiro atoms. The Labute approximate surface area is 112 Å². The van der Waals surface area contributed by atoms with Crippen molar-refractivity contribution in [3.63, 3.8) is 0 Å². The molecule has 0 saturated heterocycles. The molecule has 0 aromatic heterocycles. The molecule has 1 aliphatic rings. The maximum atomic E-state index is 11.6. The Morgan fingerprint density at radius 1 is 1.39 bits per heavy atom. The van der Waals surface area contributed by atoms with Crippen molar-refractivity contribution in [2.24, 2.45) is 0 Å². The van der Waals surface area contributed by atoms with Gasteiger partial charge in [-0.2, -0.15) is 0 Å². The van der Waals surface area contributed by atoms with Crippen LogP contribution >= 0.6 is 11.6 Å². The fraction of sp³-hybridized carbons (Fsp3) is 0.500. The van der Waals surface area contributed by atoms with E-state index in [1.54, 1.807) is 19.1 Å². The van der Waals surface area contributed by atoms with E-state index < -0.39 is 11.5 Å². The quantitative estimate of drug-likeness (QED) is 0.881. The molecule has 0 heterocycles. The number of halogens is 1. The zero-order valence-corrected chi connectivity index (χ0v) is 11.2. The fourth-order valence-electron chi connectivity index (χ4n) is 2.60. The first kappa shape index (κ1) is 13.4. The standard InChI is InChI=1S/C14H18ClNO2/c1-14(13(17)18,16-10-6-2-3-7-10)11-8-4-5-9-12(11)15/h4-5,8-10,16H,2-3,6-7H2,1H3,(H,17,18). The molecule has 1 aliphatic carbocycles. The van der Waals surface area contributed by atoms with Gasteiger partial charge in [-0.3, -0.25) is 5.32 Å². The normalized spacial score (nSPS) is 19.7. The van der Waals surface area contributed by atoms with Crippen LogP contribution in [0.2, 0.25) is 5.02 Å². The molecule has 18 heavy (non-hydrogen) atoms. The molecule has 0 radical (unpaired) electrons. The summed E-state index contributed by atoms with van der Waals surface area (Å²) < 4.78 is 0. The number of hydrogen-bond donors (Lipinski definition) is 2. The smallest absolute Gasteiger partial charge is 0.328 e. The van der Waals surface area contributed by atoms with Crippen LogP contribution in [0.5, 0.6) is 0 Å². The summed E-state index contributed by atoms with van der Waals surface area (Å²) in [7, 11) is 0. The van der Waals surface area contributed by atoms with E-state index in [1.165, 1.54) is 0 Å². The molecular formula is C14H18ClNO2. The van der Waals surface area contributed by atoms with Crippen LogP contribution in [0.1, 0.15) is 38.2 Å². The number of aliphatic carboxylic acids is 1. The molecule has 2 N–H and O–H groups in total. The predicted molar refractivity (Wildman–Crippen MR) is 71.8 cm³/mol. The Morgan fingerprint density at radius 3 is 2.56 bits per heavy atom. The first-order valence-corrected chi connectivity index (χ1v) is 6.68. The highest BCUT2D eigenvalue weighted by molar-refractivity contribution is 6.31. The Morgan fingerprint density at radius 2 is 2.00 bits per heavy atom. The summed E-state index contributed by atoms with van der Waals surface area (Å²) in [5, 5.41) is 13.3. The molecule has 0 aliphatic heterocycles. The fourth-order valence-corrected chi connectivity index (χ4v) is 2.92. The number of nitrogens with one attached hydrogen (secondary N) is 1. The lowest BCUT2D eigenvalue weighted by atomic mass is 9.90. The van der Waals surface area contributed by atoms with Crippen molar-refractivity contribution in [3.05, 3.63) is 34.9 Å². The highest BCUT2D eigenvalue weighted by Gasteiger charge is 2.39. The Balaban J connectivity index is 2.31. The largest absolute Gasteiger partial charge is 0.480 e. The minimum atomic E-state index is -1.12. The average molecular weight is 268 g/mol. The van der Waals surface area contributed by atoms with Gasteiger partial charge >= 0.3 is 5.97 Å². The Hall–Kier alpha value is -1.06. The van der Waals surface area contributed by atoms with Gasteiger partial charge in [-0.25, -0.2) is 4.79 Å². The molecule has 1 atom stereocenters. The van der Waals surface area contributed by atoms with Gasteiger partial charge in [0.25, 0.3) is 0 Å². The lowest BCUT2D eigenvalue weighted by Crippen LogP contribution is -2.50. The Bertz CT molecular complexity index is 443. The van der Waals surface area contributed by atoms with Crippen molar-refractivity contribution in [2.45, 2.75) is 44.2 Å². The first-order valence-electron chi connectivity index (χ1n) is 6.30. The number of rotatable bonds is 4. The van der Waals surface area contributed by atoms with Crippen LogP contribution in [0.25, 0.3) is 0 Å². The summed E-state index contributed by atoms with van der Waals surface area (Å²) in [6.45, 7) is 1.69. The van der Waals surface area contributed by atoms with Crippen LogP contribution in [0.15, 0.2) is 24.3 Å². The van der Waals surface area contributed by atoms with Gasteiger partial charge in [-0.1, -0.05) is 42.6 Å². The molecule has 3 nitrogen and oxygen atoms in total. The average Bonchev–Trinajstić information content (AvgIpc) is 2.81. The van der Waals surface area contributed by atoms with E-state index in [2.05, 4.69) is 5.32 Å². The highest BCUT2D eigenvalue weighted by atomic mass is 35.5. The van der Waals surface area contributed by atoms with E-state index in [0.29, 0.717) is 10.6 Å². The van der Waals surface area contributed by atoms with E-state index >= 15 is 0 Å². The molecule has 4 heteroatoms. The van der Waals surface area contributed by atoms with E-state index in [-0.39, 0.29) is 6.04 Å². The van der Waals surface area contributed by atoms with Crippen LogP contribution in [-0.4, -0.2) is 17.1 Å². The molecule has 2 rings (SSSR count). The third-order valence-electron chi connectivity index (χ3n) is 3.69. The van der Waals surface area contributed by atoms with Gasteiger partial charge in [0.15, 0.2) is 0 Å². The summed E-state index contributed by atoms with van der Waals surface area (Å²) in [4.78, 5) is 11.6. The predicted octanol–water partition coefficient (Wildman–Crippen LogP) is 3.17. The van der Waals surface area contributed by atoms with Gasteiger partial charge in [0.1, 0.15) is 5.54 Å². The van der Waals surface area contributed by atoms with E-state index in [1.807, 2.05) is 12.1 Å². The third-order valence-corrected chi connectivity index (χ3v) is 4.02. The SMILES string of the molecule is CC(NC1CCCC1)(C(=O)O)c1ccccc1Cl. The summed E-state index contributed by atoms with van der Waals surface area (Å²) in [6.07, 6.45) is 4.40. The van der Waals surface area contributed by atoms with Crippen LogP contribution < -0.4 is 5.32 Å². The van der Waals surface area contributed by atoms with Crippen LogP contribution in [-0.2, 0) is 10.3 Å². The number of benzene rings is 1. The molecule has 1 unspecified atom stereocenters. The highest BCUT2D eigenvalue weighted by Crippen LogP contribution is 2.31. The van der Waals surface area contributed by atoms with E-state index in [4.69, 9.17) is 11.6 Å². The van der Waals surface area contributed by atoms with Gasteiger partial charge in [-0.05, 0) is 25.8 Å². The minimum absolute atomic E-state index is 0.266. The zero-order valence-electron chi connectivity index (χ0n) is 10.4. The second kappa shape index (κ2) is 5.29. The lowest BCUT2D eigenvalue weighted by Gasteiger charge is -2.31. The van der Waals surface area contributed by atoms with Crippen molar-refractivity contribution in [2.75, 3.05) is 0 Å². The number of carbonyl (C=O) groups is 1. The topological polar surface area (TPSA) is 49.3 Å². The van der Waals surface area contributed by atoms with Gasteiger partial charge in [0, 0.05) is 16.6 Å². The van der Waals surface area contributed by atoms with Gasteiger partial charge in [0.05, 0.1) is 0 Å². The second-order valence-electron chi connectivity index (χ2n) is 5.04. The second-order valence-corrected chi connectivity index (χ2v) is 5.44. The van der Waals surface area contributed by atoms with Crippen molar-refractivity contribution >= 4 is 17.6 Å². The Kier molecular flexibility index (Phi) is 3.93. The molecule has 0 bridgehead atoms. The van der Waals surface area contributed by atoms with Crippen LogP contribution in [0, 0.1) is 0 Å². The summed E-state index contributed by atoms with van der Waals surface area (Å²) in [6, 6.07) is 7.40. The summed E-state index contributed by atoms with van der Waals surface area (Å²) in [5.41, 5.74) is -0.487. The summed E-state index contributed by atoms with van der Waals surface area (Å²) >= 11 is 6.13. The van der Waals surface area contributed by atoms with Crippen LogP contribution in [0.4, 0.5) is 0 Å². The third kappa shape index (κ3) is 2.52. The number of carboxylic acids is 1. The van der Waals surface area contributed by atoms with Crippen molar-refractivity contribution < 1.29 is 9.90 Å². The number of hydrogen-bond acceptors (Lipinski definition) is 2. The monoisotopic (exact) mass is 267 g/mol. The molecule has 1 fully saturated rings. The van der Waals surface area contributed by atoms with E-state index in [0.717, 1.165) is 25.7 Å². The van der Waals surface area contributed by atoms with Crippen molar-refractivity contribution in [1.82, 2.24) is 5.32 Å². The maximum absolute atomic E-state index is 11.6. The molecule has 0 amide bonds. The molecule has 98 valence electrons. The maximum Gasteiger partial charge on any atom is 0.328 e. The molecule has 1 saturated carbocycles. The van der Waals surface area contributed by atoms with Crippen molar-refractivity contribution in [1.29, 1.82) is 0 Å². The molecule has 1 aromatic carbocycles. The summed E-state index contributed by atoms with van der Waals surface area (Å²) in [5.74, 6) is -0.887. The van der Waals surface area contributed by atoms with Gasteiger partial charge in [0.2, 0.25) is 0 Å². The van der Waals surface area contributed by atoms with Gasteiger partial charge in [-0.15, -0.1) is 0 Å². The molecule has 1 aromatic rings. The molecular weight excluding hydrogens is 250 g/mol. The minimum Gasteiger partial charge on any atom is -0.480 e. The van der Waals surface area contributed by atoms with Gasteiger partial charge < -0.3 is 5.11 Å². The number of carboxylic acid groups (broad SMARTS) is 1. The van der Waals surface area contributed by atoms with E-state index in [9.17, 15) is 9.90 Å². The lowest BCUT2D eigenvalue weighted by molar-refractivity contribution is -0.145.